The quantitative estimate of drug-likeness (QED) is 0.653. The van der Waals surface area contributed by atoms with Gasteiger partial charge in [-0.25, -0.2) is 4.79 Å². The van der Waals surface area contributed by atoms with E-state index >= 15 is 0 Å². The Morgan fingerprint density at radius 2 is 1.93 bits per heavy atom. The Balaban J connectivity index is 1.86. The number of hydrogen-bond acceptors (Lipinski definition) is 5. The van der Waals surface area contributed by atoms with Gasteiger partial charge in [-0.05, 0) is 64.7 Å². The number of benzene rings is 1. The lowest BCUT2D eigenvalue weighted by Gasteiger charge is -2.32. The summed E-state index contributed by atoms with van der Waals surface area (Å²) in [6, 6.07) is 4.02. The van der Waals surface area contributed by atoms with E-state index in [4.69, 9.17) is 14.2 Å². The van der Waals surface area contributed by atoms with Crippen molar-refractivity contribution in [1.82, 2.24) is 9.47 Å². The Bertz CT molecular complexity index is 873. The third kappa shape index (κ3) is 5.16. The molecular formula is C24H36N2O4. The summed E-state index contributed by atoms with van der Waals surface area (Å²) in [6.45, 7) is 13.4. The fraction of sp³-hybridized carbons (Fsp3) is 0.625. The average Bonchev–Trinajstić information content (AvgIpc) is 3.14. The summed E-state index contributed by atoms with van der Waals surface area (Å²) in [5, 5.41) is 1.04. The monoisotopic (exact) mass is 416 g/mol. The molecule has 30 heavy (non-hydrogen) atoms. The van der Waals surface area contributed by atoms with E-state index in [0.29, 0.717) is 6.10 Å². The minimum atomic E-state index is -0.541. The first-order valence-electron chi connectivity index (χ1n) is 11.0. The maximum Gasteiger partial charge on any atom is 0.419 e. The first-order valence-corrected chi connectivity index (χ1v) is 11.0. The molecule has 2 aromatic rings. The molecule has 1 aliphatic rings. The van der Waals surface area contributed by atoms with Crippen molar-refractivity contribution in [2.75, 3.05) is 26.8 Å². The molecule has 2 heterocycles. The molecule has 0 unspecified atom stereocenters. The molecule has 0 spiro atoms. The fourth-order valence-corrected chi connectivity index (χ4v) is 4.11. The number of methoxy groups -OCH3 is 1. The summed E-state index contributed by atoms with van der Waals surface area (Å²) in [7, 11) is 1.71. The molecule has 1 aromatic carbocycles. The van der Waals surface area contributed by atoms with Crippen LogP contribution >= 0.6 is 0 Å². The Kier molecular flexibility index (Phi) is 7.09. The largest absolute Gasteiger partial charge is 0.496 e. The van der Waals surface area contributed by atoms with Crippen LogP contribution in [0.3, 0.4) is 0 Å². The number of likely N-dealkylation sites (tertiary alicyclic amines) is 1. The summed E-state index contributed by atoms with van der Waals surface area (Å²) in [5.41, 5.74) is 2.46. The van der Waals surface area contributed by atoms with E-state index in [-0.39, 0.29) is 6.09 Å². The van der Waals surface area contributed by atoms with E-state index in [0.717, 1.165) is 73.3 Å². The standard InChI is InChI=1S/C24H36N2O4/c1-7-14-29-18-8-11-25(12-9-18)16-20-19-10-13-26(23(27)30-24(3,4)5)22(19)17(2)15-21(20)28-6/h10,13,15,18H,7-9,11-12,14,16H2,1-6H3. The molecule has 1 saturated heterocycles. The number of piperidine rings is 1. The van der Waals surface area contributed by atoms with Crippen LogP contribution in [0.5, 0.6) is 5.75 Å². The lowest BCUT2D eigenvalue weighted by atomic mass is 10.0. The van der Waals surface area contributed by atoms with E-state index in [9.17, 15) is 4.79 Å². The molecule has 6 heteroatoms. The number of hydrogen-bond donors (Lipinski definition) is 0. The van der Waals surface area contributed by atoms with Crippen LogP contribution in [0.4, 0.5) is 4.79 Å². The van der Waals surface area contributed by atoms with Gasteiger partial charge in [-0.3, -0.25) is 9.47 Å². The van der Waals surface area contributed by atoms with Gasteiger partial charge in [0.1, 0.15) is 11.4 Å². The SMILES string of the molecule is CCCOC1CCN(Cc2c(OC)cc(C)c3c2ccn3C(=O)OC(C)(C)C)CC1. The topological polar surface area (TPSA) is 52.9 Å². The molecule has 0 saturated carbocycles. The van der Waals surface area contributed by atoms with Crippen molar-refractivity contribution in [3.05, 3.63) is 29.5 Å². The van der Waals surface area contributed by atoms with Gasteiger partial charge in [0.25, 0.3) is 0 Å². The number of nitrogens with zero attached hydrogens (tertiary/aromatic N) is 2. The number of carbonyl (C=O) groups excluding carboxylic acids is 1. The summed E-state index contributed by atoms with van der Waals surface area (Å²) < 4.78 is 18.9. The number of rotatable bonds is 6. The van der Waals surface area contributed by atoms with Crippen LogP contribution in [0.25, 0.3) is 10.9 Å². The summed E-state index contributed by atoms with van der Waals surface area (Å²) >= 11 is 0. The van der Waals surface area contributed by atoms with E-state index in [1.807, 2.05) is 39.8 Å². The Morgan fingerprint density at radius 1 is 1.23 bits per heavy atom. The van der Waals surface area contributed by atoms with Crippen LogP contribution in [0.2, 0.25) is 0 Å². The van der Waals surface area contributed by atoms with Crippen LogP contribution in [-0.4, -0.2) is 54.1 Å². The second-order valence-electron chi connectivity index (χ2n) is 9.15. The second kappa shape index (κ2) is 9.40. The van der Waals surface area contributed by atoms with Gasteiger partial charge >= 0.3 is 6.09 Å². The minimum absolute atomic E-state index is 0.356. The zero-order valence-electron chi connectivity index (χ0n) is 19.3. The maximum absolute atomic E-state index is 12.8. The number of ether oxygens (including phenoxy) is 3. The molecule has 0 amide bonds. The van der Waals surface area contributed by atoms with Gasteiger partial charge in [-0.15, -0.1) is 0 Å². The van der Waals surface area contributed by atoms with Crippen molar-refractivity contribution in [2.45, 2.75) is 72.1 Å². The predicted octanol–water partition coefficient (Wildman–Crippen LogP) is 5.13. The molecule has 3 rings (SSSR count). The normalized spacial score (nSPS) is 16.2. The number of aryl methyl sites for hydroxylation is 1. The number of carbonyl (C=O) groups is 1. The second-order valence-corrected chi connectivity index (χ2v) is 9.15. The van der Waals surface area contributed by atoms with Crippen molar-refractivity contribution in [1.29, 1.82) is 0 Å². The molecule has 0 radical (unpaired) electrons. The molecular weight excluding hydrogens is 380 g/mol. The molecule has 1 fully saturated rings. The summed E-state index contributed by atoms with van der Waals surface area (Å²) in [6.07, 6.45) is 4.99. The molecule has 0 atom stereocenters. The highest BCUT2D eigenvalue weighted by Gasteiger charge is 2.25. The molecule has 1 aliphatic heterocycles. The third-order valence-electron chi connectivity index (χ3n) is 5.51. The molecule has 0 aliphatic carbocycles. The zero-order chi connectivity index (χ0) is 21.9. The van der Waals surface area contributed by atoms with Gasteiger partial charge < -0.3 is 14.2 Å². The Morgan fingerprint density at radius 3 is 2.53 bits per heavy atom. The van der Waals surface area contributed by atoms with Crippen molar-refractivity contribution < 1.29 is 19.0 Å². The zero-order valence-corrected chi connectivity index (χ0v) is 19.3. The van der Waals surface area contributed by atoms with E-state index in [2.05, 4.69) is 11.8 Å². The van der Waals surface area contributed by atoms with Gasteiger partial charge in [-0.2, -0.15) is 0 Å². The predicted molar refractivity (Wildman–Crippen MR) is 119 cm³/mol. The first-order chi connectivity index (χ1) is 14.2. The van der Waals surface area contributed by atoms with Gasteiger partial charge in [0.2, 0.25) is 0 Å². The highest BCUT2D eigenvalue weighted by molar-refractivity contribution is 5.95. The van der Waals surface area contributed by atoms with E-state index in [1.54, 1.807) is 17.9 Å². The maximum atomic E-state index is 12.8. The highest BCUT2D eigenvalue weighted by Crippen LogP contribution is 2.34. The van der Waals surface area contributed by atoms with Crippen molar-refractivity contribution in [3.8, 4) is 5.75 Å². The molecule has 0 N–H and O–H groups in total. The third-order valence-corrected chi connectivity index (χ3v) is 5.51. The molecule has 0 bridgehead atoms. The number of fused-ring (bicyclic) bond motifs is 1. The van der Waals surface area contributed by atoms with Crippen LogP contribution in [0.1, 0.15) is 58.1 Å². The first kappa shape index (κ1) is 22.6. The summed E-state index contributed by atoms with van der Waals surface area (Å²) in [4.78, 5) is 15.2. The number of aromatic nitrogens is 1. The fourth-order valence-electron chi connectivity index (χ4n) is 4.11. The van der Waals surface area contributed by atoms with Crippen LogP contribution in [0, 0.1) is 6.92 Å². The molecule has 166 valence electrons. The minimum Gasteiger partial charge on any atom is -0.496 e. The van der Waals surface area contributed by atoms with Crippen LogP contribution < -0.4 is 4.74 Å². The lowest BCUT2D eigenvalue weighted by molar-refractivity contribution is 0.00623. The van der Waals surface area contributed by atoms with Crippen molar-refractivity contribution in [3.63, 3.8) is 0 Å². The highest BCUT2D eigenvalue weighted by atomic mass is 16.6. The van der Waals surface area contributed by atoms with Crippen molar-refractivity contribution in [2.24, 2.45) is 0 Å². The van der Waals surface area contributed by atoms with Crippen LogP contribution in [0.15, 0.2) is 18.3 Å². The molecule has 1 aromatic heterocycles. The van der Waals surface area contributed by atoms with Crippen molar-refractivity contribution >= 4 is 17.0 Å². The van der Waals surface area contributed by atoms with Crippen LogP contribution in [-0.2, 0) is 16.0 Å². The average molecular weight is 417 g/mol. The Hall–Kier alpha value is -2.05. The van der Waals surface area contributed by atoms with E-state index < -0.39 is 5.60 Å². The summed E-state index contributed by atoms with van der Waals surface area (Å²) in [5.74, 6) is 0.867. The lowest BCUT2D eigenvalue weighted by Crippen LogP contribution is -2.36. The van der Waals surface area contributed by atoms with Gasteiger partial charge in [-0.1, -0.05) is 6.92 Å². The van der Waals surface area contributed by atoms with Gasteiger partial charge in [0.15, 0.2) is 0 Å². The Labute approximate surface area is 180 Å². The van der Waals surface area contributed by atoms with Gasteiger partial charge in [0, 0.05) is 43.4 Å². The van der Waals surface area contributed by atoms with E-state index in [1.165, 1.54) is 0 Å². The smallest absolute Gasteiger partial charge is 0.419 e. The van der Waals surface area contributed by atoms with Gasteiger partial charge in [0.05, 0.1) is 18.7 Å². The molecule has 6 nitrogen and oxygen atoms in total.